The second-order valence-corrected chi connectivity index (χ2v) is 4.12. The topological polar surface area (TPSA) is 47.9 Å². The molecule has 0 amide bonds. The Morgan fingerprint density at radius 1 is 1.23 bits per heavy atom. The van der Waals surface area contributed by atoms with Gasteiger partial charge in [-0.2, -0.15) is 0 Å². The third-order valence-electron chi connectivity index (χ3n) is 2.61. The molecule has 0 aromatic rings. The van der Waals surface area contributed by atoms with E-state index in [1.54, 1.807) is 0 Å². The number of rotatable bonds is 2. The lowest BCUT2D eigenvalue weighted by Gasteiger charge is -2.32. The van der Waals surface area contributed by atoms with Crippen molar-refractivity contribution in [2.45, 2.75) is 38.9 Å². The van der Waals surface area contributed by atoms with Gasteiger partial charge in [0.15, 0.2) is 0 Å². The van der Waals surface area contributed by atoms with Crippen LogP contribution in [0.5, 0.6) is 0 Å². The van der Waals surface area contributed by atoms with E-state index in [9.17, 15) is 4.79 Å². The van der Waals surface area contributed by atoms with Crippen LogP contribution in [0.15, 0.2) is 4.99 Å². The Bertz CT molecular complexity index is 230. The van der Waals surface area contributed by atoms with E-state index in [1.165, 1.54) is 6.08 Å². The Morgan fingerprint density at radius 2 is 1.69 bits per heavy atom. The molecule has 4 nitrogen and oxygen atoms in total. The minimum absolute atomic E-state index is 0.219. The summed E-state index contributed by atoms with van der Waals surface area (Å²) >= 11 is 0. The molecule has 72 valence electrons. The van der Waals surface area contributed by atoms with Crippen LogP contribution in [-0.2, 0) is 14.1 Å². The third kappa shape index (κ3) is 1.99. The van der Waals surface area contributed by atoms with Gasteiger partial charge in [-0.05, 0) is 27.7 Å². The number of aliphatic imine (C=N–C) groups is 1. The molecule has 1 aliphatic heterocycles. The highest BCUT2D eigenvalue weighted by Crippen LogP contribution is 2.36. The van der Waals surface area contributed by atoms with Gasteiger partial charge in [0, 0.05) is 0 Å². The van der Waals surface area contributed by atoms with Crippen molar-refractivity contribution in [3.05, 3.63) is 0 Å². The van der Waals surface area contributed by atoms with Crippen molar-refractivity contribution in [3.8, 4) is 0 Å². The van der Waals surface area contributed by atoms with Crippen molar-refractivity contribution in [1.82, 2.24) is 0 Å². The average molecular weight is 183 g/mol. The highest BCUT2D eigenvalue weighted by Gasteiger charge is 2.50. The molecule has 0 aromatic heterocycles. The molecule has 1 fully saturated rings. The van der Waals surface area contributed by atoms with Gasteiger partial charge in [0.2, 0.25) is 6.08 Å². The summed E-state index contributed by atoms with van der Waals surface area (Å²) in [6, 6.07) is 0. The van der Waals surface area contributed by atoms with Gasteiger partial charge in [0.25, 0.3) is 0 Å². The summed E-state index contributed by atoms with van der Waals surface area (Å²) in [6.45, 7) is 7.82. The fourth-order valence-electron chi connectivity index (χ4n) is 1.15. The first-order chi connectivity index (χ1) is 5.89. The summed E-state index contributed by atoms with van der Waals surface area (Å²) in [5.74, 6) is 0. The lowest BCUT2D eigenvalue weighted by molar-refractivity contribution is 0.00578. The van der Waals surface area contributed by atoms with Gasteiger partial charge >= 0.3 is 7.12 Å². The smallest absolute Gasteiger partial charge is 0.402 e. The SMILES string of the molecule is CC1(C)OB(CN=C=O)OC1(C)C. The molecular formula is C8H14BNO3. The van der Waals surface area contributed by atoms with Crippen LogP contribution in [0.25, 0.3) is 0 Å². The summed E-state index contributed by atoms with van der Waals surface area (Å²) < 4.78 is 11.1. The van der Waals surface area contributed by atoms with Crippen molar-refractivity contribution in [3.63, 3.8) is 0 Å². The van der Waals surface area contributed by atoms with Crippen LogP contribution in [0.1, 0.15) is 27.7 Å². The lowest BCUT2D eigenvalue weighted by atomic mass is 9.90. The largest absolute Gasteiger partial charge is 0.481 e. The van der Waals surface area contributed by atoms with Crippen molar-refractivity contribution in [2.24, 2.45) is 4.99 Å². The van der Waals surface area contributed by atoms with Crippen molar-refractivity contribution >= 4 is 13.2 Å². The Labute approximate surface area is 78.5 Å². The second kappa shape index (κ2) is 3.26. The van der Waals surface area contributed by atoms with Gasteiger partial charge in [0.05, 0.1) is 17.6 Å². The molecule has 5 heteroatoms. The van der Waals surface area contributed by atoms with Gasteiger partial charge in [-0.3, -0.25) is 0 Å². The highest BCUT2D eigenvalue weighted by atomic mass is 16.7. The Kier molecular flexibility index (Phi) is 2.62. The highest BCUT2D eigenvalue weighted by molar-refractivity contribution is 6.45. The predicted molar refractivity (Wildman–Crippen MR) is 49.1 cm³/mol. The molecule has 1 aliphatic rings. The Morgan fingerprint density at radius 3 is 2.08 bits per heavy atom. The molecule has 0 unspecified atom stereocenters. The molecule has 0 aliphatic carbocycles. The van der Waals surface area contributed by atoms with Crippen LogP contribution < -0.4 is 0 Å². The van der Waals surface area contributed by atoms with Crippen molar-refractivity contribution in [2.75, 3.05) is 6.44 Å². The lowest BCUT2D eigenvalue weighted by Crippen LogP contribution is -2.41. The molecule has 1 heterocycles. The van der Waals surface area contributed by atoms with Crippen molar-refractivity contribution < 1.29 is 14.1 Å². The maximum absolute atomic E-state index is 9.88. The molecule has 0 saturated carbocycles. The van der Waals surface area contributed by atoms with E-state index in [4.69, 9.17) is 9.31 Å². The standard InChI is InChI=1S/C8H14BNO3/c1-7(2)8(3,4)13-9(12-7)5-10-6-11/h5H2,1-4H3. The molecule has 13 heavy (non-hydrogen) atoms. The van der Waals surface area contributed by atoms with E-state index < -0.39 is 7.12 Å². The molecule has 0 aromatic carbocycles. The number of hydrogen-bond donors (Lipinski definition) is 0. The average Bonchev–Trinajstić information content (AvgIpc) is 2.17. The zero-order chi connectivity index (χ0) is 10.1. The van der Waals surface area contributed by atoms with Gasteiger partial charge in [0.1, 0.15) is 0 Å². The first-order valence-electron chi connectivity index (χ1n) is 4.28. The van der Waals surface area contributed by atoms with E-state index in [0.29, 0.717) is 0 Å². The molecule has 0 radical (unpaired) electrons. The molecule has 1 saturated heterocycles. The number of nitrogens with zero attached hydrogens (tertiary/aromatic N) is 1. The van der Waals surface area contributed by atoms with Crippen LogP contribution in [-0.4, -0.2) is 30.8 Å². The molecule has 0 N–H and O–H groups in total. The number of isocyanates is 1. The maximum atomic E-state index is 9.88. The van der Waals surface area contributed by atoms with E-state index in [2.05, 4.69) is 4.99 Å². The summed E-state index contributed by atoms with van der Waals surface area (Å²) in [6.07, 6.45) is 1.68. The Balaban J connectivity index is 2.65. The first kappa shape index (κ1) is 10.4. The summed E-state index contributed by atoms with van der Waals surface area (Å²) in [5.41, 5.74) is -0.702. The minimum atomic E-state index is -0.425. The quantitative estimate of drug-likeness (QED) is 0.363. The second-order valence-electron chi connectivity index (χ2n) is 4.12. The van der Waals surface area contributed by atoms with Crippen LogP contribution in [0.2, 0.25) is 0 Å². The zero-order valence-electron chi connectivity index (χ0n) is 8.46. The number of carbonyl (C=O) groups excluding carboxylic acids is 1. The fourth-order valence-corrected chi connectivity index (χ4v) is 1.15. The zero-order valence-corrected chi connectivity index (χ0v) is 8.46. The van der Waals surface area contributed by atoms with Gasteiger partial charge < -0.3 is 9.31 Å². The summed E-state index contributed by atoms with van der Waals surface area (Å²) in [7, 11) is -0.425. The van der Waals surface area contributed by atoms with E-state index in [0.717, 1.165) is 0 Å². The molecule has 0 atom stereocenters. The van der Waals surface area contributed by atoms with Crippen LogP contribution in [0, 0.1) is 0 Å². The van der Waals surface area contributed by atoms with E-state index in [-0.39, 0.29) is 17.6 Å². The van der Waals surface area contributed by atoms with Gasteiger partial charge in [-0.15, -0.1) is 0 Å². The molecule has 1 rings (SSSR count). The molecule has 0 spiro atoms. The first-order valence-corrected chi connectivity index (χ1v) is 4.28. The molecule has 0 bridgehead atoms. The predicted octanol–water partition coefficient (Wildman–Crippen LogP) is 0.954. The fraction of sp³-hybridized carbons (Fsp3) is 0.875. The van der Waals surface area contributed by atoms with Crippen molar-refractivity contribution in [1.29, 1.82) is 0 Å². The van der Waals surface area contributed by atoms with Gasteiger partial charge in [-0.1, -0.05) is 0 Å². The van der Waals surface area contributed by atoms with Crippen LogP contribution >= 0.6 is 0 Å². The van der Waals surface area contributed by atoms with E-state index in [1.807, 2.05) is 27.7 Å². The van der Waals surface area contributed by atoms with Gasteiger partial charge in [-0.25, -0.2) is 9.79 Å². The Hall–Kier alpha value is -0.635. The molecular weight excluding hydrogens is 169 g/mol. The van der Waals surface area contributed by atoms with E-state index >= 15 is 0 Å². The third-order valence-corrected chi connectivity index (χ3v) is 2.61. The maximum Gasteiger partial charge on any atom is 0.481 e. The summed E-state index contributed by atoms with van der Waals surface area (Å²) in [4.78, 5) is 13.3. The monoisotopic (exact) mass is 183 g/mol. The minimum Gasteiger partial charge on any atom is -0.402 e. The van der Waals surface area contributed by atoms with Crippen LogP contribution in [0.4, 0.5) is 0 Å². The number of hydrogen-bond acceptors (Lipinski definition) is 4. The normalized spacial score (nSPS) is 24.2. The van der Waals surface area contributed by atoms with Crippen LogP contribution in [0.3, 0.4) is 0 Å². The summed E-state index contributed by atoms with van der Waals surface area (Å²) in [5, 5.41) is 0.